The van der Waals surface area contributed by atoms with Crippen molar-refractivity contribution in [2.45, 2.75) is 18.9 Å². The van der Waals surface area contributed by atoms with Crippen molar-refractivity contribution in [3.05, 3.63) is 18.1 Å². The summed E-state index contributed by atoms with van der Waals surface area (Å²) >= 11 is 0. The molecule has 15 heavy (non-hydrogen) atoms. The molecule has 0 aliphatic carbocycles. The molecule has 0 aromatic carbocycles. The van der Waals surface area contributed by atoms with Gasteiger partial charge in [-0.1, -0.05) is 0 Å². The predicted octanol–water partition coefficient (Wildman–Crippen LogP) is -0.315. The highest BCUT2D eigenvalue weighted by atomic mass is 16.3. The van der Waals surface area contributed by atoms with Crippen molar-refractivity contribution in [2.24, 2.45) is 5.73 Å². The van der Waals surface area contributed by atoms with Crippen LogP contribution >= 0.6 is 0 Å². The molecule has 1 unspecified atom stereocenters. The molecule has 1 fully saturated rings. The van der Waals surface area contributed by atoms with Crippen LogP contribution in [-0.4, -0.2) is 40.3 Å². The van der Waals surface area contributed by atoms with Crippen LogP contribution in [0.4, 0.5) is 5.82 Å². The molecule has 0 saturated carbocycles. The third-order valence-corrected chi connectivity index (χ3v) is 2.83. The van der Waals surface area contributed by atoms with Gasteiger partial charge in [0.1, 0.15) is 12.1 Å². The van der Waals surface area contributed by atoms with Gasteiger partial charge in [-0.25, -0.2) is 9.97 Å². The number of hydrogen-bond acceptors (Lipinski definition) is 5. The monoisotopic (exact) mass is 208 g/mol. The van der Waals surface area contributed by atoms with E-state index in [1.807, 2.05) is 17.9 Å². The summed E-state index contributed by atoms with van der Waals surface area (Å²) in [5, 5.41) is 9.99. The second-order valence-electron chi connectivity index (χ2n) is 4.12. The molecule has 1 aromatic heterocycles. The maximum atomic E-state index is 9.99. The Labute approximate surface area is 88.9 Å². The zero-order chi connectivity index (χ0) is 10.9. The Morgan fingerprint density at radius 3 is 3.00 bits per heavy atom. The highest BCUT2D eigenvalue weighted by Crippen LogP contribution is 2.24. The van der Waals surface area contributed by atoms with Crippen LogP contribution in [0.3, 0.4) is 0 Å². The van der Waals surface area contributed by atoms with Gasteiger partial charge in [0.15, 0.2) is 0 Å². The van der Waals surface area contributed by atoms with E-state index < -0.39 is 5.60 Å². The third-order valence-electron chi connectivity index (χ3n) is 2.83. The standard InChI is InChI=1S/C10H16N4O/c1-8-4-9(13-7-12-8)14-3-2-10(15,5-11)6-14/h4,7,15H,2-3,5-6,11H2,1H3. The van der Waals surface area contributed by atoms with E-state index in [1.165, 1.54) is 0 Å². The summed E-state index contributed by atoms with van der Waals surface area (Å²) in [6, 6.07) is 1.92. The van der Waals surface area contributed by atoms with Crippen LogP contribution in [0.15, 0.2) is 12.4 Å². The van der Waals surface area contributed by atoms with E-state index in [-0.39, 0.29) is 0 Å². The Bertz CT molecular complexity index is 357. The highest BCUT2D eigenvalue weighted by molar-refractivity contribution is 5.41. The fourth-order valence-corrected chi connectivity index (χ4v) is 1.83. The SMILES string of the molecule is Cc1cc(N2CCC(O)(CN)C2)ncn1. The van der Waals surface area contributed by atoms with Crippen molar-refractivity contribution in [3.8, 4) is 0 Å². The molecule has 5 heteroatoms. The van der Waals surface area contributed by atoms with Crippen molar-refractivity contribution in [1.29, 1.82) is 0 Å². The van der Waals surface area contributed by atoms with Crippen LogP contribution in [-0.2, 0) is 0 Å². The van der Waals surface area contributed by atoms with Crippen molar-refractivity contribution in [2.75, 3.05) is 24.5 Å². The number of hydrogen-bond donors (Lipinski definition) is 2. The molecule has 82 valence electrons. The maximum Gasteiger partial charge on any atom is 0.132 e. The van der Waals surface area contributed by atoms with Crippen LogP contribution in [0, 0.1) is 6.92 Å². The lowest BCUT2D eigenvalue weighted by atomic mass is 10.0. The van der Waals surface area contributed by atoms with Gasteiger partial charge in [0.25, 0.3) is 0 Å². The smallest absolute Gasteiger partial charge is 0.132 e. The molecule has 0 spiro atoms. The number of nitrogens with two attached hydrogens (primary N) is 1. The molecule has 1 saturated heterocycles. The number of aromatic nitrogens is 2. The third kappa shape index (κ3) is 2.08. The Kier molecular flexibility index (Phi) is 2.58. The van der Waals surface area contributed by atoms with E-state index in [9.17, 15) is 5.11 Å². The van der Waals surface area contributed by atoms with Gasteiger partial charge >= 0.3 is 0 Å². The minimum atomic E-state index is -0.751. The van der Waals surface area contributed by atoms with Gasteiger partial charge in [0.2, 0.25) is 0 Å². The Morgan fingerprint density at radius 2 is 2.40 bits per heavy atom. The van der Waals surface area contributed by atoms with Gasteiger partial charge in [-0.3, -0.25) is 0 Å². The lowest BCUT2D eigenvalue weighted by molar-refractivity contribution is 0.0725. The van der Waals surface area contributed by atoms with Crippen LogP contribution in [0.1, 0.15) is 12.1 Å². The molecule has 2 heterocycles. The number of aliphatic hydroxyl groups is 1. The van der Waals surface area contributed by atoms with Gasteiger partial charge in [0.05, 0.1) is 5.60 Å². The van der Waals surface area contributed by atoms with Crippen LogP contribution in [0.5, 0.6) is 0 Å². The van der Waals surface area contributed by atoms with E-state index in [2.05, 4.69) is 9.97 Å². The van der Waals surface area contributed by atoms with E-state index >= 15 is 0 Å². The topological polar surface area (TPSA) is 75.3 Å². The summed E-state index contributed by atoms with van der Waals surface area (Å²) in [7, 11) is 0. The number of β-amino-alcohol motifs (C(OH)–C–C–N with tert-alkyl or cyclic N) is 1. The fraction of sp³-hybridized carbons (Fsp3) is 0.600. The minimum Gasteiger partial charge on any atom is -0.387 e. The summed E-state index contributed by atoms with van der Waals surface area (Å²) in [5.41, 5.74) is 5.71. The number of anilines is 1. The Hall–Kier alpha value is -1.20. The van der Waals surface area contributed by atoms with Crippen LogP contribution in [0.25, 0.3) is 0 Å². The average molecular weight is 208 g/mol. The first-order valence-electron chi connectivity index (χ1n) is 5.09. The summed E-state index contributed by atoms with van der Waals surface area (Å²) < 4.78 is 0. The first kappa shape index (κ1) is 10.3. The summed E-state index contributed by atoms with van der Waals surface area (Å²) in [6.07, 6.45) is 2.25. The van der Waals surface area contributed by atoms with Gasteiger partial charge in [-0.05, 0) is 13.3 Å². The van der Waals surface area contributed by atoms with E-state index in [0.29, 0.717) is 19.5 Å². The number of nitrogens with zero attached hydrogens (tertiary/aromatic N) is 3. The molecule has 2 rings (SSSR count). The zero-order valence-corrected chi connectivity index (χ0v) is 8.85. The average Bonchev–Trinajstić information content (AvgIpc) is 2.62. The highest BCUT2D eigenvalue weighted by Gasteiger charge is 2.35. The van der Waals surface area contributed by atoms with Gasteiger partial charge in [0, 0.05) is 31.4 Å². The van der Waals surface area contributed by atoms with Crippen molar-refractivity contribution >= 4 is 5.82 Å². The molecule has 0 bridgehead atoms. The first-order chi connectivity index (χ1) is 7.13. The Balaban J connectivity index is 2.14. The molecule has 1 aliphatic rings. The van der Waals surface area contributed by atoms with E-state index in [1.54, 1.807) is 6.33 Å². The van der Waals surface area contributed by atoms with Crippen LogP contribution in [0.2, 0.25) is 0 Å². The normalized spacial score (nSPS) is 25.9. The molecule has 3 N–H and O–H groups in total. The van der Waals surface area contributed by atoms with Crippen molar-refractivity contribution < 1.29 is 5.11 Å². The van der Waals surface area contributed by atoms with Crippen LogP contribution < -0.4 is 10.6 Å². The number of rotatable bonds is 2. The summed E-state index contributed by atoms with van der Waals surface area (Å²) in [4.78, 5) is 10.3. The molecule has 1 aliphatic heterocycles. The summed E-state index contributed by atoms with van der Waals surface area (Å²) in [6.45, 7) is 3.58. The van der Waals surface area contributed by atoms with Crippen molar-refractivity contribution in [3.63, 3.8) is 0 Å². The second-order valence-corrected chi connectivity index (χ2v) is 4.12. The quantitative estimate of drug-likeness (QED) is 0.697. The van der Waals surface area contributed by atoms with E-state index in [4.69, 9.17) is 5.73 Å². The lowest BCUT2D eigenvalue weighted by Crippen LogP contribution is -2.40. The largest absolute Gasteiger partial charge is 0.387 e. The van der Waals surface area contributed by atoms with Gasteiger partial charge in [-0.2, -0.15) is 0 Å². The molecular formula is C10H16N4O. The first-order valence-corrected chi connectivity index (χ1v) is 5.09. The minimum absolute atomic E-state index is 0.299. The Morgan fingerprint density at radius 1 is 1.60 bits per heavy atom. The molecule has 0 radical (unpaired) electrons. The maximum absolute atomic E-state index is 9.99. The summed E-state index contributed by atoms with van der Waals surface area (Å²) in [5.74, 6) is 0.867. The lowest BCUT2D eigenvalue weighted by Gasteiger charge is -2.21. The van der Waals surface area contributed by atoms with E-state index in [0.717, 1.165) is 18.1 Å². The molecule has 0 amide bonds. The molecule has 1 atom stereocenters. The van der Waals surface area contributed by atoms with Gasteiger partial charge < -0.3 is 15.7 Å². The second kappa shape index (κ2) is 3.75. The van der Waals surface area contributed by atoms with Crippen molar-refractivity contribution in [1.82, 2.24) is 9.97 Å². The molecule has 1 aromatic rings. The molecule has 5 nitrogen and oxygen atoms in total. The van der Waals surface area contributed by atoms with Gasteiger partial charge in [-0.15, -0.1) is 0 Å². The zero-order valence-electron chi connectivity index (χ0n) is 8.85. The fourth-order valence-electron chi connectivity index (χ4n) is 1.83. The number of aryl methyl sites for hydroxylation is 1. The predicted molar refractivity (Wildman–Crippen MR) is 57.6 cm³/mol. The molecular weight excluding hydrogens is 192 g/mol.